The van der Waals surface area contributed by atoms with E-state index < -0.39 is 0 Å². The minimum absolute atomic E-state index is 0.00683. The van der Waals surface area contributed by atoms with E-state index in [0.717, 1.165) is 19.3 Å². The van der Waals surface area contributed by atoms with Gasteiger partial charge in [0.05, 0.1) is 17.3 Å². The molecule has 0 aliphatic carbocycles. The molecule has 1 heterocycles. The molecule has 1 atom stereocenters. The van der Waals surface area contributed by atoms with Gasteiger partial charge in [-0.05, 0) is 25.0 Å². The normalized spacial score (nSPS) is 17.1. The lowest BCUT2D eigenvalue weighted by atomic mass is 10.1. The molecule has 1 aromatic rings. The van der Waals surface area contributed by atoms with E-state index >= 15 is 0 Å². The summed E-state index contributed by atoms with van der Waals surface area (Å²) in [5.74, 6) is -0.548. The zero-order valence-electron chi connectivity index (χ0n) is 15.3. The van der Waals surface area contributed by atoms with Crippen molar-refractivity contribution in [2.45, 2.75) is 33.6 Å². The van der Waals surface area contributed by atoms with Gasteiger partial charge in [-0.2, -0.15) is 0 Å². The molecule has 136 valence electrons. The number of hydrogen-bond donors (Lipinski definition) is 0. The largest absolute Gasteiger partial charge is 0.341 e. The molecule has 1 aliphatic rings. The van der Waals surface area contributed by atoms with Crippen LogP contribution in [0.4, 0.5) is 11.4 Å². The number of nitrogens with zero attached hydrogens (tertiary/aromatic N) is 3. The van der Waals surface area contributed by atoms with Crippen LogP contribution in [0.2, 0.25) is 0 Å². The molecule has 0 radical (unpaired) electrons. The Morgan fingerprint density at radius 1 is 1.20 bits per heavy atom. The summed E-state index contributed by atoms with van der Waals surface area (Å²) in [5.41, 5.74) is 1.28. The summed E-state index contributed by atoms with van der Waals surface area (Å²) in [5, 5.41) is 0. The fraction of sp³-hybridized carbons (Fsp3) is 0.526. The number of benzene rings is 1. The standard InChI is InChI=1S/C19H27N3O3/c1-4-10-20(11-5-2)18(24)13-22-17-9-7-6-8-16(17)21(14-23)12-15(3)19(22)25/h6-9,14-15H,4-5,10-13H2,1-3H3. The Labute approximate surface area is 149 Å². The Bertz CT molecular complexity index is 626. The number of fused-ring (bicyclic) bond motifs is 1. The highest BCUT2D eigenvalue weighted by Crippen LogP contribution is 2.33. The van der Waals surface area contributed by atoms with E-state index in [1.54, 1.807) is 13.0 Å². The Balaban J connectivity index is 2.34. The second-order valence-corrected chi connectivity index (χ2v) is 6.45. The SMILES string of the molecule is CCCN(CCC)C(=O)CN1C(=O)C(C)CN(C=O)c2ccccc21. The first-order valence-electron chi connectivity index (χ1n) is 8.93. The van der Waals surface area contributed by atoms with Crippen molar-refractivity contribution in [3.8, 4) is 0 Å². The lowest BCUT2D eigenvalue weighted by molar-refractivity contribution is -0.132. The van der Waals surface area contributed by atoms with E-state index in [1.807, 2.05) is 36.9 Å². The van der Waals surface area contributed by atoms with E-state index in [4.69, 9.17) is 0 Å². The van der Waals surface area contributed by atoms with Crippen LogP contribution in [0, 0.1) is 5.92 Å². The Morgan fingerprint density at radius 2 is 1.80 bits per heavy atom. The third-order valence-electron chi connectivity index (χ3n) is 4.40. The van der Waals surface area contributed by atoms with Gasteiger partial charge in [0.25, 0.3) is 0 Å². The van der Waals surface area contributed by atoms with E-state index in [2.05, 4.69) is 0 Å². The molecule has 0 bridgehead atoms. The van der Waals surface area contributed by atoms with Crippen LogP contribution in [0.5, 0.6) is 0 Å². The average molecular weight is 345 g/mol. The monoisotopic (exact) mass is 345 g/mol. The summed E-state index contributed by atoms with van der Waals surface area (Å²) < 4.78 is 0. The second-order valence-electron chi connectivity index (χ2n) is 6.45. The van der Waals surface area contributed by atoms with Crippen LogP contribution in [0.3, 0.4) is 0 Å². The zero-order valence-corrected chi connectivity index (χ0v) is 15.3. The number of carbonyl (C=O) groups excluding carboxylic acids is 3. The van der Waals surface area contributed by atoms with Crippen molar-refractivity contribution < 1.29 is 14.4 Å². The van der Waals surface area contributed by atoms with E-state index in [9.17, 15) is 14.4 Å². The molecule has 0 saturated carbocycles. The maximum atomic E-state index is 12.9. The van der Waals surface area contributed by atoms with Crippen molar-refractivity contribution in [1.82, 2.24) is 4.90 Å². The molecule has 0 fully saturated rings. The highest BCUT2D eigenvalue weighted by Gasteiger charge is 2.32. The summed E-state index contributed by atoms with van der Waals surface area (Å²) in [4.78, 5) is 42.0. The van der Waals surface area contributed by atoms with Crippen LogP contribution < -0.4 is 9.80 Å². The lowest BCUT2D eigenvalue weighted by Gasteiger charge is -2.28. The molecule has 25 heavy (non-hydrogen) atoms. The number of hydrogen-bond acceptors (Lipinski definition) is 3. The predicted octanol–water partition coefficient (Wildman–Crippen LogP) is 2.28. The average Bonchev–Trinajstić information content (AvgIpc) is 2.72. The fourth-order valence-electron chi connectivity index (χ4n) is 3.19. The van der Waals surface area contributed by atoms with Gasteiger partial charge >= 0.3 is 0 Å². The molecular weight excluding hydrogens is 318 g/mol. The molecule has 6 heteroatoms. The molecule has 0 N–H and O–H groups in total. The highest BCUT2D eigenvalue weighted by atomic mass is 16.2. The van der Waals surface area contributed by atoms with Gasteiger partial charge in [-0.3, -0.25) is 14.4 Å². The quantitative estimate of drug-likeness (QED) is 0.712. The number of carbonyl (C=O) groups is 3. The molecule has 1 aromatic carbocycles. The maximum absolute atomic E-state index is 12.9. The van der Waals surface area contributed by atoms with Crippen molar-refractivity contribution in [3.05, 3.63) is 24.3 Å². The molecule has 1 unspecified atom stereocenters. The van der Waals surface area contributed by atoms with Gasteiger partial charge in [0.15, 0.2) is 0 Å². The van der Waals surface area contributed by atoms with Crippen LogP contribution in [0.15, 0.2) is 24.3 Å². The fourth-order valence-corrected chi connectivity index (χ4v) is 3.19. The van der Waals surface area contributed by atoms with Gasteiger partial charge in [0, 0.05) is 19.6 Å². The molecule has 3 amide bonds. The lowest BCUT2D eigenvalue weighted by Crippen LogP contribution is -2.45. The van der Waals surface area contributed by atoms with Crippen molar-refractivity contribution >= 4 is 29.6 Å². The highest BCUT2D eigenvalue weighted by molar-refractivity contribution is 6.05. The number of rotatable bonds is 7. The summed E-state index contributed by atoms with van der Waals surface area (Å²) in [6, 6.07) is 7.25. The van der Waals surface area contributed by atoms with Crippen LogP contribution >= 0.6 is 0 Å². The van der Waals surface area contributed by atoms with Gasteiger partial charge in [0.1, 0.15) is 6.54 Å². The predicted molar refractivity (Wildman–Crippen MR) is 98.5 cm³/mol. The molecule has 0 aromatic heterocycles. The number of anilines is 2. The first-order chi connectivity index (χ1) is 12.0. The first-order valence-corrected chi connectivity index (χ1v) is 8.93. The molecule has 0 saturated heterocycles. The van der Waals surface area contributed by atoms with Crippen LogP contribution in [-0.4, -0.2) is 49.3 Å². The maximum Gasteiger partial charge on any atom is 0.242 e. The van der Waals surface area contributed by atoms with Crippen molar-refractivity contribution in [2.24, 2.45) is 5.92 Å². The molecular formula is C19H27N3O3. The third kappa shape index (κ3) is 4.18. The van der Waals surface area contributed by atoms with Crippen LogP contribution in [0.1, 0.15) is 33.6 Å². The second kappa shape index (κ2) is 8.65. The molecule has 6 nitrogen and oxygen atoms in total. The smallest absolute Gasteiger partial charge is 0.242 e. The number of para-hydroxylation sites is 2. The van der Waals surface area contributed by atoms with E-state index in [1.165, 1.54) is 9.80 Å². The van der Waals surface area contributed by atoms with Gasteiger partial charge < -0.3 is 14.7 Å². The zero-order chi connectivity index (χ0) is 18.4. The Morgan fingerprint density at radius 3 is 2.36 bits per heavy atom. The third-order valence-corrected chi connectivity index (χ3v) is 4.40. The molecule has 0 spiro atoms. The van der Waals surface area contributed by atoms with E-state index in [-0.39, 0.29) is 24.3 Å². The summed E-state index contributed by atoms with van der Waals surface area (Å²) in [7, 11) is 0. The van der Waals surface area contributed by atoms with Gasteiger partial charge in [-0.1, -0.05) is 32.9 Å². The number of amides is 3. The van der Waals surface area contributed by atoms with Gasteiger partial charge in [-0.15, -0.1) is 0 Å². The van der Waals surface area contributed by atoms with Crippen molar-refractivity contribution in [1.29, 1.82) is 0 Å². The minimum atomic E-state index is -0.365. The molecule has 2 rings (SSSR count). The summed E-state index contributed by atoms with van der Waals surface area (Å²) in [6.07, 6.45) is 2.51. The topological polar surface area (TPSA) is 60.9 Å². The first kappa shape index (κ1) is 19.0. The van der Waals surface area contributed by atoms with Gasteiger partial charge in [0.2, 0.25) is 18.2 Å². The molecule has 1 aliphatic heterocycles. The Kier molecular flexibility index (Phi) is 6.56. The Hall–Kier alpha value is -2.37. The summed E-state index contributed by atoms with van der Waals surface area (Å²) in [6.45, 7) is 7.56. The van der Waals surface area contributed by atoms with E-state index in [0.29, 0.717) is 31.0 Å². The van der Waals surface area contributed by atoms with Gasteiger partial charge in [-0.25, -0.2) is 0 Å². The van der Waals surface area contributed by atoms with Crippen molar-refractivity contribution in [2.75, 3.05) is 36.0 Å². The van der Waals surface area contributed by atoms with Crippen LogP contribution in [0.25, 0.3) is 0 Å². The summed E-state index contributed by atoms with van der Waals surface area (Å²) >= 11 is 0. The van der Waals surface area contributed by atoms with Crippen LogP contribution in [-0.2, 0) is 14.4 Å². The minimum Gasteiger partial charge on any atom is -0.341 e. The van der Waals surface area contributed by atoms with Crippen molar-refractivity contribution in [3.63, 3.8) is 0 Å².